The second kappa shape index (κ2) is 6.66. The number of carbonyl (C=O) groups excluding carboxylic acids is 1. The molecule has 2 atom stereocenters. The lowest BCUT2D eigenvalue weighted by Gasteiger charge is -2.09. The van der Waals surface area contributed by atoms with Crippen molar-refractivity contribution in [2.24, 2.45) is 16.8 Å². The zero-order chi connectivity index (χ0) is 20.0. The van der Waals surface area contributed by atoms with E-state index in [2.05, 4.69) is 30.2 Å². The number of nitrogens with one attached hydrogen (secondary N) is 2. The minimum absolute atomic E-state index is 0.0356. The third-order valence-electron chi connectivity index (χ3n) is 5.27. The van der Waals surface area contributed by atoms with Crippen LogP contribution in [0.2, 0.25) is 0 Å². The predicted octanol–water partition coefficient (Wildman–Crippen LogP) is 3.03. The first kappa shape index (κ1) is 17.3. The van der Waals surface area contributed by atoms with Gasteiger partial charge >= 0.3 is 0 Å². The van der Waals surface area contributed by atoms with E-state index < -0.39 is 0 Å². The average molecular weight is 385 g/mol. The molecule has 4 heterocycles. The fourth-order valence-electron chi connectivity index (χ4n) is 3.66. The molecular formula is C21H19N7O. The van der Waals surface area contributed by atoms with Gasteiger partial charge in [0.05, 0.1) is 17.4 Å². The van der Waals surface area contributed by atoms with E-state index in [-0.39, 0.29) is 17.7 Å². The highest BCUT2D eigenvalue weighted by Gasteiger charge is 2.41. The summed E-state index contributed by atoms with van der Waals surface area (Å²) < 4.78 is 0. The summed E-state index contributed by atoms with van der Waals surface area (Å²) in [6.45, 7) is 0. The summed E-state index contributed by atoms with van der Waals surface area (Å²) in [5, 5.41) is 5.51. The maximum Gasteiger partial charge on any atom is 0.229 e. The molecule has 144 valence electrons. The van der Waals surface area contributed by atoms with E-state index in [0.717, 1.165) is 39.4 Å². The maximum absolute atomic E-state index is 12.4. The SMILES string of the molecule is CN=C[C@H]1C[C@H]1C(=O)Nc1cc2cc(-c3cncc4[nH]ccc34)nc(N)c2cn1. The lowest BCUT2D eigenvalue weighted by molar-refractivity contribution is -0.117. The summed E-state index contributed by atoms with van der Waals surface area (Å²) in [6, 6.07) is 5.75. The molecule has 1 amide bonds. The molecule has 0 aromatic carbocycles. The fraction of sp³-hybridized carbons (Fsp3) is 0.190. The van der Waals surface area contributed by atoms with Crippen LogP contribution in [0.5, 0.6) is 0 Å². The number of aromatic nitrogens is 4. The molecule has 1 aliphatic carbocycles. The molecule has 4 aromatic heterocycles. The van der Waals surface area contributed by atoms with E-state index in [1.54, 1.807) is 25.6 Å². The second-order valence-corrected chi connectivity index (χ2v) is 7.21. The van der Waals surface area contributed by atoms with Gasteiger partial charge in [-0.15, -0.1) is 0 Å². The molecular weight excluding hydrogens is 366 g/mol. The van der Waals surface area contributed by atoms with Crippen LogP contribution in [-0.4, -0.2) is 39.1 Å². The van der Waals surface area contributed by atoms with Crippen LogP contribution >= 0.6 is 0 Å². The van der Waals surface area contributed by atoms with Gasteiger partial charge in [-0.2, -0.15) is 0 Å². The van der Waals surface area contributed by atoms with Crippen LogP contribution in [0.4, 0.5) is 11.6 Å². The van der Waals surface area contributed by atoms with Crippen molar-refractivity contribution in [3.63, 3.8) is 0 Å². The number of nitrogens with zero attached hydrogens (tertiary/aromatic N) is 4. The Morgan fingerprint density at radius 1 is 1.31 bits per heavy atom. The number of pyridine rings is 3. The Balaban J connectivity index is 1.50. The number of amides is 1. The molecule has 0 radical (unpaired) electrons. The first-order valence-corrected chi connectivity index (χ1v) is 9.35. The lowest BCUT2D eigenvalue weighted by Crippen LogP contribution is -2.16. The maximum atomic E-state index is 12.4. The van der Waals surface area contributed by atoms with Crippen molar-refractivity contribution >= 4 is 45.4 Å². The average Bonchev–Trinajstić information content (AvgIpc) is 3.31. The normalized spacial score (nSPS) is 18.5. The third-order valence-corrected chi connectivity index (χ3v) is 5.27. The summed E-state index contributed by atoms with van der Waals surface area (Å²) in [7, 11) is 1.72. The fourth-order valence-corrected chi connectivity index (χ4v) is 3.66. The Morgan fingerprint density at radius 3 is 3.07 bits per heavy atom. The number of H-pyrrole nitrogens is 1. The van der Waals surface area contributed by atoms with Crippen LogP contribution in [0.15, 0.2) is 48.0 Å². The van der Waals surface area contributed by atoms with Gasteiger partial charge in [0.2, 0.25) is 5.91 Å². The Morgan fingerprint density at radius 2 is 2.21 bits per heavy atom. The summed E-state index contributed by atoms with van der Waals surface area (Å²) in [4.78, 5) is 32.7. The number of fused-ring (bicyclic) bond motifs is 2. The topological polar surface area (TPSA) is 122 Å². The molecule has 0 spiro atoms. The first-order chi connectivity index (χ1) is 14.1. The van der Waals surface area contributed by atoms with Gasteiger partial charge in [0.1, 0.15) is 11.6 Å². The van der Waals surface area contributed by atoms with E-state index in [1.165, 1.54) is 0 Å². The minimum Gasteiger partial charge on any atom is -0.383 e. The summed E-state index contributed by atoms with van der Waals surface area (Å²) in [6.07, 6.45) is 9.71. The predicted molar refractivity (Wildman–Crippen MR) is 114 cm³/mol. The zero-order valence-corrected chi connectivity index (χ0v) is 15.8. The van der Waals surface area contributed by atoms with Crippen molar-refractivity contribution in [2.75, 3.05) is 18.1 Å². The third kappa shape index (κ3) is 3.08. The molecule has 5 rings (SSSR count). The van der Waals surface area contributed by atoms with E-state index in [0.29, 0.717) is 11.6 Å². The van der Waals surface area contributed by atoms with Gasteiger partial charge < -0.3 is 21.0 Å². The quantitative estimate of drug-likeness (QED) is 0.466. The molecule has 8 nitrogen and oxygen atoms in total. The number of aliphatic imine (C=N–C) groups is 1. The largest absolute Gasteiger partial charge is 0.383 e. The minimum atomic E-state index is -0.0368. The molecule has 0 bridgehead atoms. The zero-order valence-electron chi connectivity index (χ0n) is 15.8. The van der Waals surface area contributed by atoms with Crippen LogP contribution in [0.1, 0.15) is 6.42 Å². The Hall–Kier alpha value is -3.81. The number of hydrogen-bond donors (Lipinski definition) is 3. The summed E-state index contributed by atoms with van der Waals surface area (Å²) in [5.41, 5.74) is 8.73. The van der Waals surface area contributed by atoms with Crippen molar-refractivity contribution < 1.29 is 4.79 Å². The molecule has 4 N–H and O–H groups in total. The van der Waals surface area contributed by atoms with E-state index in [4.69, 9.17) is 5.73 Å². The number of anilines is 2. The number of hydrogen-bond acceptors (Lipinski definition) is 6. The van der Waals surface area contributed by atoms with Gasteiger partial charge in [-0.25, -0.2) is 9.97 Å². The molecule has 0 saturated heterocycles. The molecule has 1 saturated carbocycles. The van der Waals surface area contributed by atoms with Gasteiger partial charge in [-0.3, -0.25) is 9.78 Å². The highest BCUT2D eigenvalue weighted by Crippen LogP contribution is 2.38. The molecule has 1 aliphatic rings. The van der Waals surface area contributed by atoms with E-state index in [9.17, 15) is 4.79 Å². The molecule has 1 fully saturated rings. The van der Waals surface area contributed by atoms with Crippen LogP contribution in [-0.2, 0) is 4.79 Å². The van der Waals surface area contributed by atoms with Crippen LogP contribution in [0, 0.1) is 11.8 Å². The Labute approximate surface area is 166 Å². The van der Waals surface area contributed by atoms with E-state index in [1.807, 2.05) is 30.6 Å². The standard InChI is InChI=1S/C21H19N7O/c1-23-7-12-4-14(12)21(29)28-19-6-11-5-17(27-20(22)15(11)9-26-19)16-8-24-10-18-13(16)2-3-25-18/h2-3,5-10,12,14,25H,4H2,1H3,(H2,22,27)(H,26,28,29)/t12-,14-/m1/s1. The molecule has 8 heteroatoms. The van der Waals surface area contributed by atoms with Gasteiger partial charge in [-0.1, -0.05) is 0 Å². The summed E-state index contributed by atoms with van der Waals surface area (Å²) >= 11 is 0. The first-order valence-electron chi connectivity index (χ1n) is 9.35. The molecule has 0 unspecified atom stereocenters. The molecule has 29 heavy (non-hydrogen) atoms. The van der Waals surface area contributed by atoms with Crippen molar-refractivity contribution in [3.05, 3.63) is 43.0 Å². The van der Waals surface area contributed by atoms with Crippen LogP contribution in [0.3, 0.4) is 0 Å². The number of rotatable bonds is 4. The van der Waals surface area contributed by atoms with Crippen molar-refractivity contribution in [2.45, 2.75) is 6.42 Å². The van der Waals surface area contributed by atoms with Crippen molar-refractivity contribution in [3.8, 4) is 11.3 Å². The Kier molecular flexibility index (Phi) is 3.97. The number of aromatic amines is 1. The number of nitrogens with two attached hydrogens (primary N) is 1. The van der Waals surface area contributed by atoms with Gasteiger partial charge in [-0.05, 0) is 30.0 Å². The smallest absolute Gasteiger partial charge is 0.229 e. The highest BCUT2D eigenvalue weighted by atomic mass is 16.2. The highest BCUT2D eigenvalue weighted by molar-refractivity contribution is 6.01. The van der Waals surface area contributed by atoms with Crippen molar-refractivity contribution in [1.82, 2.24) is 19.9 Å². The van der Waals surface area contributed by atoms with Crippen molar-refractivity contribution in [1.29, 1.82) is 0 Å². The molecule has 4 aromatic rings. The van der Waals surface area contributed by atoms with Gasteiger partial charge in [0.25, 0.3) is 0 Å². The monoisotopic (exact) mass is 385 g/mol. The van der Waals surface area contributed by atoms with Gasteiger partial charge in [0.15, 0.2) is 0 Å². The van der Waals surface area contributed by atoms with E-state index >= 15 is 0 Å². The van der Waals surface area contributed by atoms with Gasteiger partial charge in [0, 0.05) is 60.0 Å². The number of nitrogen functional groups attached to an aromatic ring is 1. The van der Waals surface area contributed by atoms with Crippen LogP contribution < -0.4 is 11.1 Å². The lowest BCUT2D eigenvalue weighted by atomic mass is 10.1. The number of carbonyl (C=O) groups is 1. The summed E-state index contributed by atoms with van der Waals surface area (Å²) in [5.74, 6) is 1.03. The van der Waals surface area contributed by atoms with Crippen LogP contribution in [0.25, 0.3) is 32.9 Å². The Bertz CT molecular complexity index is 1280. The second-order valence-electron chi connectivity index (χ2n) is 7.21. The molecule has 0 aliphatic heterocycles.